The minimum absolute atomic E-state index is 0.266. The molecule has 200 valence electrons. The van der Waals surface area contributed by atoms with Gasteiger partial charge < -0.3 is 16.0 Å². The van der Waals surface area contributed by atoms with Crippen LogP contribution in [0.4, 0.5) is 16.3 Å². The van der Waals surface area contributed by atoms with Crippen LogP contribution in [-0.2, 0) is 23.1 Å². The molecule has 3 heterocycles. The summed E-state index contributed by atoms with van der Waals surface area (Å²) in [6, 6.07) is 7.76. The molecule has 3 atom stereocenters. The van der Waals surface area contributed by atoms with Crippen molar-refractivity contribution in [2.75, 3.05) is 17.7 Å². The average Bonchev–Trinajstić information content (AvgIpc) is 3.30. The van der Waals surface area contributed by atoms with E-state index in [-0.39, 0.29) is 18.4 Å². The Bertz CT molecular complexity index is 1360. The van der Waals surface area contributed by atoms with Gasteiger partial charge in [0.1, 0.15) is 11.9 Å². The molecule has 3 N–H and O–H groups in total. The molecule has 1 fully saturated rings. The number of aryl methyl sites for hydroxylation is 4. The number of carbonyl (C=O) groups is 3. The van der Waals surface area contributed by atoms with Crippen LogP contribution in [-0.4, -0.2) is 50.6 Å². The van der Waals surface area contributed by atoms with E-state index in [1.165, 1.54) is 4.90 Å². The van der Waals surface area contributed by atoms with Crippen LogP contribution in [0.25, 0.3) is 0 Å². The number of urea groups is 1. The van der Waals surface area contributed by atoms with Crippen molar-refractivity contribution >= 4 is 29.4 Å². The first kappa shape index (κ1) is 26.8. The van der Waals surface area contributed by atoms with E-state index in [1.807, 2.05) is 52.0 Å². The van der Waals surface area contributed by atoms with E-state index in [9.17, 15) is 14.4 Å². The van der Waals surface area contributed by atoms with Crippen LogP contribution < -0.4 is 16.0 Å². The van der Waals surface area contributed by atoms with Crippen LogP contribution in [0.2, 0.25) is 0 Å². The predicted molar refractivity (Wildman–Crippen MR) is 145 cm³/mol. The second-order valence-electron chi connectivity index (χ2n) is 10.0. The quantitative estimate of drug-likeness (QED) is 0.464. The lowest BCUT2D eigenvalue weighted by molar-refractivity contribution is -0.156. The lowest BCUT2D eigenvalue weighted by Gasteiger charge is -2.46. The highest BCUT2D eigenvalue weighted by Crippen LogP contribution is 2.34. The number of pyridine rings is 1. The minimum Gasteiger partial charge on any atom is -0.384 e. The Morgan fingerprint density at radius 1 is 1.18 bits per heavy atom. The smallest absolute Gasteiger partial charge is 0.325 e. The number of β-lactam (4-membered cyclic amide) rings is 1. The molecule has 3 aromatic rings. The van der Waals surface area contributed by atoms with Gasteiger partial charge in [-0.25, -0.2) is 9.78 Å². The van der Waals surface area contributed by atoms with E-state index >= 15 is 0 Å². The van der Waals surface area contributed by atoms with Crippen LogP contribution in [0.5, 0.6) is 0 Å². The Labute approximate surface area is 222 Å². The zero-order valence-corrected chi connectivity index (χ0v) is 22.7. The van der Waals surface area contributed by atoms with Crippen molar-refractivity contribution in [3.8, 4) is 0 Å². The number of nitrogens with zero attached hydrogens (tertiary/aromatic N) is 5. The summed E-state index contributed by atoms with van der Waals surface area (Å²) in [6.07, 6.45) is 4.17. The van der Waals surface area contributed by atoms with E-state index < -0.39 is 23.9 Å². The molecule has 0 saturated carbocycles. The second-order valence-corrected chi connectivity index (χ2v) is 10.0. The van der Waals surface area contributed by atoms with Crippen molar-refractivity contribution in [2.24, 2.45) is 13.0 Å². The topological polar surface area (TPSA) is 126 Å². The highest BCUT2D eigenvalue weighted by molar-refractivity contribution is 6.12. The van der Waals surface area contributed by atoms with Crippen molar-refractivity contribution in [3.05, 3.63) is 70.7 Å². The van der Waals surface area contributed by atoms with Crippen LogP contribution in [0.3, 0.4) is 0 Å². The lowest BCUT2D eigenvalue weighted by Crippen LogP contribution is -2.70. The number of hydrogen-bond donors (Lipinski definition) is 2. The molecule has 1 aliphatic rings. The van der Waals surface area contributed by atoms with Gasteiger partial charge >= 0.3 is 6.03 Å². The third kappa shape index (κ3) is 5.25. The number of nitrogen functional groups attached to an aromatic ring is 1. The largest absolute Gasteiger partial charge is 0.384 e. The number of likely N-dealkylation sites (tertiary alicyclic amines) is 1. The maximum Gasteiger partial charge on any atom is 0.325 e. The minimum atomic E-state index is -0.974. The molecule has 1 aromatic carbocycles. The molecule has 0 radical (unpaired) electrons. The van der Waals surface area contributed by atoms with Crippen molar-refractivity contribution < 1.29 is 14.4 Å². The first-order valence-corrected chi connectivity index (χ1v) is 12.7. The van der Waals surface area contributed by atoms with Gasteiger partial charge in [0.15, 0.2) is 0 Å². The molecule has 10 nitrogen and oxygen atoms in total. The third-order valence-corrected chi connectivity index (χ3v) is 7.10. The van der Waals surface area contributed by atoms with E-state index in [2.05, 4.69) is 15.4 Å². The standard InChI is InChI=1S/C28H35N7O3/c1-7-23(21-10-16(2)8-9-17(21)3)32-28(38)35-25(27(37)34(6)20-14-30-33(5)15-20)22(26(35)36)12-19-11-18(4)31-24(29)13-19/h8-11,13-15,22-23,25H,7,12H2,1-6H3,(H2,29,31)(H,32,38)/t22-,23-,25+/m1/s1. The number of nitrogens with two attached hydrogens (primary N) is 1. The van der Waals surface area contributed by atoms with Crippen molar-refractivity contribution in [2.45, 2.75) is 52.6 Å². The van der Waals surface area contributed by atoms with Crippen LogP contribution in [0.1, 0.15) is 47.3 Å². The number of hydrogen-bond acceptors (Lipinski definition) is 6. The average molecular weight is 518 g/mol. The SMILES string of the molecule is CC[C@@H](NC(=O)N1C(=O)[C@H](Cc2cc(C)nc(N)c2)[C@H]1C(=O)N(C)c1cnn(C)c1)c1cc(C)ccc1C. The summed E-state index contributed by atoms with van der Waals surface area (Å²) < 4.78 is 1.59. The molecular weight excluding hydrogens is 482 g/mol. The monoisotopic (exact) mass is 517 g/mol. The number of rotatable bonds is 7. The summed E-state index contributed by atoms with van der Waals surface area (Å²) in [5.41, 5.74) is 11.1. The zero-order valence-electron chi connectivity index (χ0n) is 22.7. The molecule has 0 aliphatic carbocycles. The highest BCUT2D eigenvalue weighted by atomic mass is 16.2. The summed E-state index contributed by atoms with van der Waals surface area (Å²) in [5.74, 6) is -1.13. The normalized spacial score (nSPS) is 17.6. The third-order valence-electron chi connectivity index (χ3n) is 7.10. The molecule has 4 rings (SSSR count). The predicted octanol–water partition coefficient (Wildman–Crippen LogP) is 3.22. The van der Waals surface area contributed by atoms with E-state index in [4.69, 9.17) is 5.73 Å². The van der Waals surface area contributed by atoms with Crippen molar-refractivity contribution in [3.63, 3.8) is 0 Å². The summed E-state index contributed by atoms with van der Waals surface area (Å²) in [6.45, 7) is 7.78. The van der Waals surface area contributed by atoms with Gasteiger partial charge in [0.25, 0.3) is 5.91 Å². The molecule has 1 aliphatic heterocycles. The summed E-state index contributed by atoms with van der Waals surface area (Å²) in [4.78, 5) is 47.4. The van der Waals surface area contributed by atoms with Gasteiger partial charge in [0.05, 0.1) is 23.8 Å². The molecule has 38 heavy (non-hydrogen) atoms. The number of benzene rings is 1. The Balaban J connectivity index is 1.63. The van der Waals surface area contributed by atoms with Crippen molar-refractivity contribution in [1.82, 2.24) is 25.0 Å². The van der Waals surface area contributed by atoms with Gasteiger partial charge in [-0.2, -0.15) is 5.10 Å². The molecule has 0 bridgehead atoms. The molecular formula is C28H35N7O3. The molecule has 4 amide bonds. The maximum absolute atomic E-state index is 13.7. The van der Waals surface area contributed by atoms with Crippen LogP contribution in [0, 0.1) is 26.7 Å². The number of aromatic nitrogens is 3. The molecule has 10 heteroatoms. The molecule has 1 saturated heterocycles. The fourth-order valence-electron chi connectivity index (χ4n) is 5.06. The van der Waals surface area contributed by atoms with Crippen molar-refractivity contribution in [1.29, 1.82) is 0 Å². The summed E-state index contributed by atoms with van der Waals surface area (Å²) in [5, 5.41) is 7.14. The summed E-state index contributed by atoms with van der Waals surface area (Å²) in [7, 11) is 3.38. The number of imide groups is 1. The number of likely N-dealkylation sites (N-methyl/N-ethyl adjacent to an activating group) is 1. The van der Waals surface area contributed by atoms with E-state index in [1.54, 1.807) is 37.2 Å². The lowest BCUT2D eigenvalue weighted by atomic mass is 9.81. The van der Waals surface area contributed by atoms with Gasteiger partial charge in [-0.15, -0.1) is 0 Å². The second kappa shape index (κ2) is 10.6. The molecule has 0 spiro atoms. The highest BCUT2D eigenvalue weighted by Gasteiger charge is 2.55. The van der Waals surface area contributed by atoms with E-state index in [0.29, 0.717) is 17.9 Å². The Kier molecular flexibility index (Phi) is 7.52. The molecule has 0 unspecified atom stereocenters. The number of anilines is 2. The number of nitrogens with one attached hydrogen (secondary N) is 1. The first-order chi connectivity index (χ1) is 18.0. The van der Waals surface area contributed by atoms with Crippen LogP contribution >= 0.6 is 0 Å². The van der Waals surface area contributed by atoms with Gasteiger partial charge in [-0.05, 0) is 62.4 Å². The zero-order chi connectivity index (χ0) is 27.7. The van der Waals surface area contributed by atoms with Gasteiger partial charge in [-0.3, -0.25) is 19.2 Å². The fourth-order valence-corrected chi connectivity index (χ4v) is 5.06. The Morgan fingerprint density at radius 2 is 1.92 bits per heavy atom. The Morgan fingerprint density at radius 3 is 2.55 bits per heavy atom. The fraction of sp³-hybridized carbons (Fsp3) is 0.393. The van der Waals surface area contributed by atoms with Gasteiger partial charge in [0, 0.05) is 26.0 Å². The van der Waals surface area contributed by atoms with Gasteiger partial charge in [0.2, 0.25) is 5.91 Å². The Hall–Kier alpha value is -4.21. The number of carbonyl (C=O) groups excluding carboxylic acids is 3. The number of amides is 4. The molecule has 2 aromatic heterocycles. The van der Waals surface area contributed by atoms with Gasteiger partial charge in [-0.1, -0.05) is 30.7 Å². The van der Waals surface area contributed by atoms with Crippen LogP contribution in [0.15, 0.2) is 42.7 Å². The maximum atomic E-state index is 13.7. The first-order valence-electron chi connectivity index (χ1n) is 12.7. The van der Waals surface area contributed by atoms with E-state index in [0.717, 1.165) is 32.8 Å². The summed E-state index contributed by atoms with van der Waals surface area (Å²) >= 11 is 0.